The topological polar surface area (TPSA) is 64.6 Å². The first-order valence-corrected chi connectivity index (χ1v) is 15.2. The van der Waals surface area contributed by atoms with Crippen molar-refractivity contribution in [1.29, 1.82) is 0 Å². The third-order valence-corrected chi connectivity index (χ3v) is 9.57. The Morgan fingerprint density at radius 1 is 0.974 bits per heavy atom. The summed E-state index contributed by atoms with van der Waals surface area (Å²) in [6.07, 6.45) is 14.5. The maximum atomic E-state index is 12.0. The number of allylic oxidation sites excluding steroid dienone is 3. The van der Waals surface area contributed by atoms with Crippen LogP contribution in [0, 0.1) is 34.5 Å². The molecular formula is C33H59NO4. The SMILES string of the molecule is CC.CC.CCC1CCC2C3CC=C4C=C(C(=O)OC)CCC4(C)C3CCC12C.COC(=O)NC(C)(C)C. The molecule has 0 bridgehead atoms. The highest BCUT2D eigenvalue weighted by Crippen LogP contribution is 2.66. The van der Waals surface area contributed by atoms with E-state index in [4.69, 9.17) is 4.74 Å². The molecule has 38 heavy (non-hydrogen) atoms. The summed E-state index contributed by atoms with van der Waals surface area (Å²) >= 11 is 0. The average molecular weight is 534 g/mol. The smallest absolute Gasteiger partial charge is 0.407 e. The molecular weight excluding hydrogens is 474 g/mol. The molecule has 1 N–H and O–H groups in total. The van der Waals surface area contributed by atoms with Crippen molar-refractivity contribution in [2.75, 3.05) is 14.2 Å². The standard InChI is InChI=1S/C23H34O2.C6H13NO2.2C2H6/c1-5-16-7-9-19-18-8-6-17-14-15(21(24)25-4)10-12-23(17,3)20(18)11-13-22(16,19)2;1-6(2,3)7-5(8)9-4;2*1-2/h6,14,16,18-20H,5,7-13H2,1-4H3;1-4H3,(H,7,8);2*1-2H3. The number of methoxy groups -OCH3 is 2. The number of rotatable bonds is 2. The van der Waals surface area contributed by atoms with E-state index in [1.807, 2.05) is 48.5 Å². The lowest BCUT2D eigenvalue weighted by molar-refractivity contribution is -0.136. The Hall–Kier alpha value is -1.78. The molecule has 4 aliphatic carbocycles. The van der Waals surface area contributed by atoms with Gasteiger partial charge in [0.15, 0.2) is 0 Å². The van der Waals surface area contributed by atoms with Crippen molar-refractivity contribution in [1.82, 2.24) is 5.32 Å². The zero-order chi connectivity index (χ0) is 29.3. The molecule has 1 amide bonds. The van der Waals surface area contributed by atoms with Crippen molar-refractivity contribution in [2.24, 2.45) is 34.5 Å². The lowest BCUT2D eigenvalue weighted by Gasteiger charge is -2.57. The summed E-state index contributed by atoms with van der Waals surface area (Å²) in [7, 11) is 2.84. The van der Waals surface area contributed by atoms with Crippen molar-refractivity contribution in [3.63, 3.8) is 0 Å². The van der Waals surface area contributed by atoms with Crippen LogP contribution in [-0.2, 0) is 14.3 Å². The second-order valence-corrected chi connectivity index (χ2v) is 12.4. The van der Waals surface area contributed by atoms with E-state index >= 15 is 0 Å². The van der Waals surface area contributed by atoms with Gasteiger partial charge in [-0.3, -0.25) is 0 Å². The van der Waals surface area contributed by atoms with Crippen LogP contribution >= 0.6 is 0 Å². The molecule has 2 fully saturated rings. The van der Waals surface area contributed by atoms with E-state index in [1.165, 1.54) is 58.3 Å². The van der Waals surface area contributed by atoms with Gasteiger partial charge in [0, 0.05) is 11.1 Å². The molecule has 0 aromatic carbocycles. The number of esters is 1. The van der Waals surface area contributed by atoms with Crippen LogP contribution in [0.1, 0.15) is 121 Å². The van der Waals surface area contributed by atoms with Crippen LogP contribution in [0.25, 0.3) is 0 Å². The molecule has 0 saturated heterocycles. The van der Waals surface area contributed by atoms with Crippen LogP contribution in [0.3, 0.4) is 0 Å². The minimum atomic E-state index is -0.387. The van der Waals surface area contributed by atoms with Crippen LogP contribution < -0.4 is 5.32 Å². The van der Waals surface area contributed by atoms with E-state index in [9.17, 15) is 9.59 Å². The number of alkyl carbamates (subject to hydrolysis) is 1. The maximum absolute atomic E-state index is 12.0. The van der Waals surface area contributed by atoms with Crippen LogP contribution in [-0.4, -0.2) is 31.8 Å². The summed E-state index contributed by atoms with van der Waals surface area (Å²) in [6, 6.07) is 0. The van der Waals surface area contributed by atoms with E-state index in [1.54, 1.807) is 0 Å². The fraction of sp³-hybridized carbons (Fsp3) is 0.818. The lowest BCUT2D eigenvalue weighted by Crippen LogP contribution is -2.49. The third kappa shape index (κ3) is 7.45. The quantitative estimate of drug-likeness (QED) is 0.360. The fourth-order valence-electron chi connectivity index (χ4n) is 7.75. The van der Waals surface area contributed by atoms with Gasteiger partial charge < -0.3 is 14.8 Å². The fourth-order valence-corrected chi connectivity index (χ4v) is 7.75. The van der Waals surface area contributed by atoms with Crippen LogP contribution in [0.5, 0.6) is 0 Å². The Labute approximate surface area is 234 Å². The highest BCUT2D eigenvalue weighted by molar-refractivity contribution is 5.89. The predicted octanol–water partition coefficient (Wildman–Crippen LogP) is 8.88. The first kappa shape index (κ1) is 34.2. The minimum Gasteiger partial charge on any atom is -0.466 e. The summed E-state index contributed by atoms with van der Waals surface area (Å²) in [6.45, 7) is 21.2. The summed E-state index contributed by atoms with van der Waals surface area (Å²) < 4.78 is 9.34. The Bertz CT molecular complexity index is 838. The summed E-state index contributed by atoms with van der Waals surface area (Å²) in [5.74, 6) is 3.38. The Balaban J connectivity index is 0.000000472. The molecule has 0 spiro atoms. The maximum Gasteiger partial charge on any atom is 0.407 e. The van der Waals surface area contributed by atoms with E-state index in [-0.39, 0.29) is 23.0 Å². The molecule has 6 unspecified atom stereocenters. The monoisotopic (exact) mass is 533 g/mol. The van der Waals surface area contributed by atoms with E-state index < -0.39 is 0 Å². The first-order chi connectivity index (χ1) is 17.9. The van der Waals surface area contributed by atoms with Gasteiger partial charge in [0.25, 0.3) is 0 Å². The number of carbonyl (C=O) groups excluding carboxylic acids is 2. The van der Waals surface area contributed by atoms with Crippen molar-refractivity contribution < 1.29 is 19.1 Å². The largest absolute Gasteiger partial charge is 0.466 e. The van der Waals surface area contributed by atoms with E-state index in [2.05, 4.69) is 43.0 Å². The average Bonchev–Trinajstić information content (AvgIpc) is 3.25. The van der Waals surface area contributed by atoms with Crippen molar-refractivity contribution in [3.05, 3.63) is 23.3 Å². The van der Waals surface area contributed by atoms with Gasteiger partial charge in [-0.1, -0.05) is 61.0 Å². The number of nitrogens with one attached hydrogen (secondary N) is 1. The second kappa shape index (κ2) is 14.6. The van der Waals surface area contributed by atoms with Gasteiger partial charge in [-0.15, -0.1) is 0 Å². The number of fused-ring (bicyclic) bond motifs is 5. The molecule has 2 saturated carbocycles. The van der Waals surface area contributed by atoms with Crippen molar-refractivity contribution >= 4 is 12.1 Å². The third-order valence-electron chi connectivity index (χ3n) is 9.57. The number of ether oxygens (including phenoxy) is 2. The zero-order valence-corrected chi connectivity index (χ0v) is 26.8. The van der Waals surface area contributed by atoms with Crippen molar-refractivity contribution in [3.8, 4) is 0 Å². The predicted molar refractivity (Wildman–Crippen MR) is 159 cm³/mol. The number of hydrogen-bond donors (Lipinski definition) is 1. The molecule has 0 radical (unpaired) electrons. The molecule has 4 aliphatic rings. The highest BCUT2D eigenvalue weighted by atomic mass is 16.5. The molecule has 5 nitrogen and oxygen atoms in total. The lowest BCUT2D eigenvalue weighted by atomic mass is 9.48. The minimum absolute atomic E-state index is 0.136. The zero-order valence-electron chi connectivity index (χ0n) is 26.8. The normalized spacial score (nSPS) is 32.8. The molecule has 0 aromatic rings. The van der Waals surface area contributed by atoms with Gasteiger partial charge in [0.05, 0.1) is 14.2 Å². The Morgan fingerprint density at radius 2 is 1.61 bits per heavy atom. The summed E-state index contributed by atoms with van der Waals surface area (Å²) in [4.78, 5) is 22.5. The molecule has 0 heterocycles. The summed E-state index contributed by atoms with van der Waals surface area (Å²) in [5, 5.41) is 2.61. The number of hydrogen-bond acceptors (Lipinski definition) is 4. The molecule has 5 heteroatoms. The summed E-state index contributed by atoms with van der Waals surface area (Å²) in [5.41, 5.74) is 2.95. The van der Waals surface area contributed by atoms with E-state index in [0.717, 1.165) is 42.1 Å². The highest BCUT2D eigenvalue weighted by Gasteiger charge is 2.57. The van der Waals surface area contributed by atoms with Gasteiger partial charge >= 0.3 is 12.1 Å². The van der Waals surface area contributed by atoms with Crippen LogP contribution in [0.4, 0.5) is 4.79 Å². The number of amides is 1. The van der Waals surface area contributed by atoms with E-state index in [0.29, 0.717) is 5.41 Å². The van der Waals surface area contributed by atoms with Crippen LogP contribution in [0.2, 0.25) is 0 Å². The van der Waals surface area contributed by atoms with Gasteiger partial charge in [0.1, 0.15) is 0 Å². The Morgan fingerprint density at radius 3 is 2.11 bits per heavy atom. The van der Waals surface area contributed by atoms with Crippen LogP contribution in [0.15, 0.2) is 23.3 Å². The Kier molecular flexibility index (Phi) is 13.1. The second-order valence-electron chi connectivity index (χ2n) is 12.4. The molecule has 220 valence electrons. The molecule has 0 aliphatic heterocycles. The molecule has 0 aromatic heterocycles. The van der Waals surface area contributed by atoms with Gasteiger partial charge in [-0.05, 0) is 112 Å². The number of carbonyl (C=O) groups is 2. The van der Waals surface area contributed by atoms with Gasteiger partial charge in [-0.2, -0.15) is 0 Å². The van der Waals surface area contributed by atoms with Gasteiger partial charge in [-0.25, -0.2) is 9.59 Å². The van der Waals surface area contributed by atoms with Gasteiger partial charge in [0.2, 0.25) is 0 Å². The first-order valence-electron chi connectivity index (χ1n) is 15.2. The molecule has 6 atom stereocenters. The molecule has 4 rings (SSSR count). The van der Waals surface area contributed by atoms with Crippen molar-refractivity contribution in [2.45, 2.75) is 126 Å².